The van der Waals surface area contributed by atoms with Crippen LogP contribution in [0, 0.1) is 0 Å². The van der Waals surface area contributed by atoms with Crippen molar-refractivity contribution < 1.29 is 19.4 Å². The summed E-state index contributed by atoms with van der Waals surface area (Å²) in [6, 6.07) is 14.6. The van der Waals surface area contributed by atoms with E-state index < -0.39 is 11.9 Å². The first-order valence-electron chi connectivity index (χ1n) is 8.56. The molecule has 0 saturated heterocycles. The molecule has 0 radical (unpaired) electrons. The molecular weight excluding hydrogens is 364 g/mol. The SMILES string of the molecule is CCOC(=O)c1nn(-c2ccc(C(=O)O)cc2)c2c1C[SH2]c1ccccc1-2. The van der Waals surface area contributed by atoms with Crippen LogP contribution in [0.4, 0.5) is 0 Å². The fraction of sp³-hybridized carbons (Fsp3) is 0.150. The van der Waals surface area contributed by atoms with Gasteiger partial charge in [0.2, 0.25) is 0 Å². The number of aromatic nitrogens is 2. The van der Waals surface area contributed by atoms with Crippen LogP contribution >= 0.6 is 11.8 Å². The van der Waals surface area contributed by atoms with Crippen LogP contribution in [0.3, 0.4) is 0 Å². The lowest BCUT2D eigenvalue weighted by Crippen LogP contribution is -2.08. The number of carbonyl (C=O) groups excluding carboxylic acids is 1. The summed E-state index contributed by atoms with van der Waals surface area (Å²) in [7, 11) is 0. The van der Waals surface area contributed by atoms with Gasteiger partial charge in [-0.2, -0.15) is 5.10 Å². The minimum Gasteiger partial charge on any atom is -0.478 e. The zero-order chi connectivity index (χ0) is 19.0. The first kappa shape index (κ1) is 17.4. The maximum atomic E-state index is 12.4. The van der Waals surface area contributed by atoms with Gasteiger partial charge in [-0.25, -0.2) is 26.0 Å². The second kappa shape index (κ2) is 6.92. The minimum absolute atomic E-state index is 0.201. The third-order valence-electron chi connectivity index (χ3n) is 4.45. The third kappa shape index (κ3) is 3.00. The molecule has 138 valence electrons. The molecule has 27 heavy (non-hydrogen) atoms. The van der Waals surface area contributed by atoms with Crippen molar-refractivity contribution in [1.29, 1.82) is 0 Å². The van der Waals surface area contributed by atoms with Gasteiger partial charge in [0.25, 0.3) is 0 Å². The van der Waals surface area contributed by atoms with E-state index in [1.54, 1.807) is 23.7 Å². The maximum absolute atomic E-state index is 12.4. The number of ether oxygens (including phenoxy) is 1. The Morgan fingerprint density at radius 3 is 2.63 bits per heavy atom. The molecular formula is C20H18N2O4S. The van der Waals surface area contributed by atoms with E-state index in [0.29, 0.717) is 23.1 Å². The van der Waals surface area contributed by atoms with E-state index in [9.17, 15) is 9.59 Å². The standard InChI is InChI=1S/C20H18N2O4S/c1-2-26-20(25)17-15-11-27-16-6-4-3-5-14(16)18(15)22(21-17)13-9-7-12(8-10-13)19(23)24/h3-10H,2,11,27H2,1H3,(H,23,24). The highest BCUT2D eigenvalue weighted by Gasteiger charge is 2.29. The van der Waals surface area contributed by atoms with Crippen LogP contribution in [-0.2, 0) is 10.5 Å². The van der Waals surface area contributed by atoms with Gasteiger partial charge < -0.3 is 9.84 Å². The summed E-state index contributed by atoms with van der Waals surface area (Å²) in [4.78, 5) is 24.8. The highest BCUT2D eigenvalue weighted by molar-refractivity contribution is 7.98. The fourth-order valence-corrected chi connectivity index (χ4v) is 4.53. The van der Waals surface area contributed by atoms with Crippen molar-refractivity contribution in [2.24, 2.45) is 0 Å². The number of carbonyl (C=O) groups is 2. The molecule has 1 N–H and O–H groups in total. The topological polar surface area (TPSA) is 81.4 Å². The van der Waals surface area contributed by atoms with Crippen LogP contribution in [0.5, 0.6) is 0 Å². The number of carboxylic acids is 1. The number of nitrogens with zero attached hydrogens (tertiary/aromatic N) is 2. The van der Waals surface area contributed by atoms with E-state index in [2.05, 4.69) is 11.2 Å². The van der Waals surface area contributed by atoms with E-state index in [1.807, 2.05) is 18.2 Å². The van der Waals surface area contributed by atoms with Crippen LogP contribution in [0.1, 0.15) is 33.3 Å². The molecule has 6 nitrogen and oxygen atoms in total. The van der Waals surface area contributed by atoms with Crippen molar-refractivity contribution in [2.75, 3.05) is 6.61 Å². The number of carboxylic acid groups (broad SMARTS) is 1. The van der Waals surface area contributed by atoms with E-state index in [0.717, 1.165) is 22.6 Å². The Bertz CT molecular complexity index is 1040. The van der Waals surface area contributed by atoms with Crippen LogP contribution in [0.15, 0.2) is 53.4 Å². The van der Waals surface area contributed by atoms with Crippen molar-refractivity contribution in [3.05, 3.63) is 65.4 Å². The second-order valence-electron chi connectivity index (χ2n) is 6.06. The lowest BCUT2D eigenvalue weighted by molar-refractivity contribution is 0.0517. The summed E-state index contributed by atoms with van der Waals surface area (Å²) in [5.41, 5.74) is 4.03. The summed E-state index contributed by atoms with van der Waals surface area (Å²) in [5.74, 6) is -0.685. The van der Waals surface area contributed by atoms with Crippen LogP contribution < -0.4 is 0 Å². The van der Waals surface area contributed by atoms with Crippen LogP contribution in [0.25, 0.3) is 16.9 Å². The summed E-state index contributed by atoms with van der Waals surface area (Å²) in [6.07, 6.45) is 0. The summed E-state index contributed by atoms with van der Waals surface area (Å²) >= 11 is 0.558. The molecule has 2 aromatic carbocycles. The van der Waals surface area contributed by atoms with E-state index in [-0.39, 0.29) is 12.2 Å². The summed E-state index contributed by atoms with van der Waals surface area (Å²) in [5, 5.41) is 13.7. The molecule has 0 amide bonds. The van der Waals surface area contributed by atoms with Gasteiger partial charge in [-0.3, -0.25) is 0 Å². The Kier molecular flexibility index (Phi) is 4.45. The Labute approximate surface area is 159 Å². The molecule has 0 bridgehead atoms. The van der Waals surface area contributed by atoms with Crippen LogP contribution in [0.2, 0.25) is 0 Å². The van der Waals surface area contributed by atoms with Gasteiger partial charge in [-0.05, 0) is 42.2 Å². The smallest absolute Gasteiger partial charge is 0.359 e. The van der Waals surface area contributed by atoms with E-state index in [1.165, 1.54) is 17.0 Å². The van der Waals surface area contributed by atoms with Gasteiger partial charge in [-0.15, -0.1) is 0 Å². The Morgan fingerprint density at radius 1 is 1.19 bits per heavy atom. The first-order valence-corrected chi connectivity index (χ1v) is 9.77. The molecule has 4 rings (SSSR count). The molecule has 1 aliphatic heterocycles. The average molecular weight is 382 g/mol. The van der Waals surface area contributed by atoms with E-state index >= 15 is 0 Å². The number of fused-ring (bicyclic) bond motifs is 3. The minimum atomic E-state index is -0.984. The normalized spacial score (nSPS) is 13.7. The molecule has 0 aliphatic carbocycles. The first-order chi connectivity index (χ1) is 13.1. The lowest BCUT2D eigenvalue weighted by atomic mass is 10.1. The molecule has 0 unspecified atom stereocenters. The number of rotatable bonds is 4. The fourth-order valence-electron chi connectivity index (χ4n) is 3.22. The Balaban J connectivity index is 1.92. The highest BCUT2D eigenvalue weighted by atomic mass is 32.2. The number of benzene rings is 2. The quantitative estimate of drug-likeness (QED) is 0.699. The molecule has 0 fully saturated rings. The van der Waals surface area contributed by atoms with Gasteiger partial charge in [0.05, 0.1) is 23.6 Å². The molecule has 0 spiro atoms. The largest absolute Gasteiger partial charge is 0.478 e. The third-order valence-corrected chi connectivity index (χ3v) is 5.80. The Hall–Kier alpha value is -3.06. The average Bonchev–Trinajstić information content (AvgIpc) is 3.08. The molecule has 0 atom stereocenters. The predicted octanol–water partition coefficient (Wildman–Crippen LogP) is 3.48. The molecule has 1 aliphatic rings. The van der Waals surface area contributed by atoms with Gasteiger partial charge in [-0.1, -0.05) is 18.2 Å². The predicted molar refractivity (Wildman–Crippen MR) is 104 cm³/mol. The number of aromatic carboxylic acids is 1. The number of hydrogen-bond acceptors (Lipinski definition) is 4. The lowest BCUT2D eigenvalue weighted by Gasteiger charge is -2.19. The monoisotopic (exact) mass is 382 g/mol. The van der Waals surface area contributed by atoms with Gasteiger partial charge >= 0.3 is 11.9 Å². The van der Waals surface area contributed by atoms with Crippen molar-refractivity contribution in [1.82, 2.24) is 9.78 Å². The van der Waals surface area contributed by atoms with Crippen LogP contribution in [-0.4, -0.2) is 33.4 Å². The van der Waals surface area contributed by atoms with E-state index in [4.69, 9.17) is 9.84 Å². The molecule has 0 saturated carbocycles. The number of hydrogen-bond donors (Lipinski definition) is 1. The summed E-state index contributed by atoms with van der Waals surface area (Å²) < 4.78 is 6.91. The highest BCUT2D eigenvalue weighted by Crippen LogP contribution is 2.43. The van der Waals surface area contributed by atoms with Crippen molar-refractivity contribution >= 4 is 23.7 Å². The number of esters is 1. The summed E-state index contributed by atoms with van der Waals surface area (Å²) in [6.45, 7) is 2.05. The Morgan fingerprint density at radius 2 is 1.93 bits per heavy atom. The van der Waals surface area contributed by atoms with Gasteiger partial charge in [0, 0.05) is 16.9 Å². The zero-order valence-corrected chi connectivity index (χ0v) is 15.6. The molecule has 3 aromatic rings. The van der Waals surface area contributed by atoms with Crippen molar-refractivity contribution in [3.63, 3.8) is 0 Å². The molecule has 1 aromatic heterocycles. The maximum Gasteiger partial charge on any atom is 0.359 e. The van der Waals surface area contributed by atoms with Crippen molar-refractivity contribution in [3.8, 4) is 16.9 Å². The molecule has 2 heterocycles. The van der Waals surface area contributed by atoms with Gasteiger partial charge in [0.15, 0.2) is 5.69 Å². The zero-order valence-electron chi connectivity index (χ0n) is 14.6. The second-order valence-corrected chi connectivity index (χ2v) is 7.30. The molecule has 7 heteroatoms. The van der Waals surface area contributed by atoms with Crippen molar-refractivity contribution in [2.45, 2.75) is 17.6 Å². The van der Waals surface area contributed by atoms with Gasteiger partial charge in [0.1, 0.15) is 0 Å².